The molecule has 9 aromatic rings. The Bertz CT molecular complexity index is 2830. The molecule has 1 saturated carbocycles. The minimum Gasteiger partial charge on any atom is -0.501 e. The molecule has 1 radical (unpaired) electrons. The molecule has 1 fully saturated rings. The number of furan rings is 1. The first-order valence-corrected chi connectivity index (χ1v) is 17.0. The molecule has 5 aromatic carbocycles. The SMILES string of the molecule is Fc1c[c-]c2c(c1)sc1cccnc12.[2H]C([2H])([2H])c1cnc(-c2[c-]ccc3c2oc2cc4c(ccc5ccccc54)cc23)cc1C1([2H])CCCCC1.[Ir]. The fourth-order valence-corrected chi connectivity index (χ4v) is 8.12. The predicted octanol–water partition coefficient (Wildman–Crippen LogP) is 12.5. The largest absolute Gasteiger partial charge is 0.501 e. The van der Waals surface area contributed by atoms with Crippen LogP contribution in [0.25, 0.3) is 75.0 Å². The number of benzene rings is 5. The molecular formula is C43H31FIrN2OS-2. The monoisotopic (exact) mass is 839 g/mol. The van der Waals surface area contributed by atoms with Gasteiger partial charge >= 0.3 is 0 Å². The third-order valence-corrected chi connectivity index (χ3v) is 10.5. The van der Waals surface area contributed by atoms with Crippen LogP contribution in [0.4, 0.5) is 4.39 Å². The van der Waals surface area contributed by atoms with Gasteiger partial charge in [0.2, 0.25) is 0 Å². The van der Waals surface area contributed by atoms with Gasteiger partial charge in [0, 0.05) is 59.4 Å². The van der Waals surface area contributed by atoms with E-state index in [2.05, 4.69) is 64.6 Å². The summed E-state index contributed by atoms with van der Waals surface area (Å²) in [5.41, 5.74) is 4.37. The van der Waals surface area contributed by atoms with E-state index in [4.69, 9.17) is 8.53 Å². The van der Waals surface area contributed by atoms with Crippen LogP contribution in [0.15, 0.2) is 108 Å². The van der Waals surface area contributed by atoms with Gasteiger partial charge in [0.25, 0.3) is 0 Å². The number of nitrogens with zero attached hydrogens (tertiary/aromatic N) is 2. The number of pyridine rings is 2. The van der Waals surface area contributed by atoms with Crippen LogP contribution in [-0.2, 0) is 20.1 Å². The van der Waals surface area contributed by atoms with E-state index in [1.165, 1.54) is 29.1 Å². The number of thiophene rings is 1. The zero-order valence-electron chi connectivity index (χ0n) is 30.3. The quantitative estimate of drug-likeness (QED) is 0.129. The predicted molar refractivity (Wildman–Crippen MR) is 197 cm³/mol. The number of hydrogen-bond acceptors (Lipinski definition) is 4. The molecule has 0 atom stereocenters. The molecule has 10 rings (SSSR count). The van der Waals surface area contributed by atoms with Gasteiger partial charge in [-0.3, -0.25) is 4.39 Å². The van der Waals surface area contributed by atoms with E-state index in [0.29, 0.717) is 35.2 Å². The third-order valence-electron chi connectivity index (χ3n) is 9.39. The molecule has 49 heavy (non-hydrogen) atoms. The van der Waals surface area contributed by atoms with E-state index in [9.17, 15) is 5.76 Å². The van der Waals surface area contributed by atoms with E-state index >= 15 is 0 Å². The summed E-state index contributed by atoms with van der Waals surface area (Å²) in [5.74, 6) is -1.18. The van der Waals surface area contributed by atoms with Gasteiger partial charge in [-0.2, -0.15) is 11.3 Å². The molecule has 0 bridgehead atoms. The van der Waals surface area contributed by atoms with Crippen molar-refractivity contribution >= 4 is 75.1 Å². The maximum atomic E-state index is 12.9. The maximum Gasteiger partial charge on any atom is 0.121 e. The minimum atomic E-state index is -2.33. The van der Waals surface area contributed by atoms with Crippen LogP contribution in [0.1, 0.15) is 54.6 Å². The number of halogens is 1. The summed E-state index contributed by atoms with van der Waals surface area (Å²) in [6.45, 7) is -2.33. The van der Waals surface area contributed by atoms with Gasteiger partial charge in [0.15, 0.2) is 0 Å². The van der Waals surface area contributed by atoms with Crippen molar-refractivity contribution in [3.8, 4) is 11.3 Å². The Hall–Kier alpha value is -4.48. The van der Waals surface area contributed by atoms with Crippen LogP contribution < -0.4 is 0 Å². The van der Waals surface area contributed by atoms with Gasteiger partial charge in [0.05, 0.1) is 5.58 Å². The van der Waals surface area contributed by atoms with Crippen LogP contribution in [-0.4, -0.2) is 9.97 Å². The van der Waals surface area contributed by atoms with Crippen LogP contribution >= 0.6 is 11.3 Å². The molecule has 0 saturated heterocycles. The number of hydrogen-bond donors (Lipinski definition) is 0. The molecule has 0 aliphatic heterocycles. The molecule has 0 amide bonds. The first-order valence-electron chi connectivity index (χ1n) is 18.2. The standard InChI is InChI=1S/C32H26NO.C11H5FNS.Ir/c1-20-19-33-30(17-27(20)21-8-3-2-4-9-21)26-13-7-12-25-29-16-23-15-14-22-10-5-6-11-24(22)28(23)18-31(29)34-32(25)26;12-7-3-4-8-10(6-7)14-9-2-1-5-13-11(8)9;/h5-7,10-12,14-19,21H,2-4,8-9H2,1H3;1-3,5-6H;/q2*-1;/i1D3,21D;;. The Kier molecular flexibility index (Phi) is 7.31. The Morgan fingerprint density at radius 2 is 1.73 bits per heavy atom. The number of rotatable bonds is 2. The molecule has 1 aliphatic carbocycles. The zero-order chi connectivity index (χ0) is 35.6. The van der Waals surface area contributed by atoms with Gasteiger partial charge in [-0.15, -0.1) is 35.7 Å². The Labute approximate surface area is 306 Å². The molecule has 4 aromatic heterocycles. The van der Waals surface area contributed by atoms with Crippen LogP contribution in [0, 0.1) is 24.8 Å². The minimum absolute atomic E-state index is 0. The van der Waals surface area contributed by atoms with Crippen molar-refractivity contribution in [2.75, 3.05) is 0 Å². The second kappa shape index (κ2) is 13.1. The van der Waals surface area contributed by atoms with E-state index in [1.54, 1.807) is 17.5 Å². The average molecular weight is 839 g/mol. The number of fused-ring (bicyclic) bond motifs is 9. The molecule has 6 heteroatoms. The molecular weight excluding hydrogens is 804 g/mol. The van der Waals surface area contributed by atoms with Crippen molar-refractivity contribution in [2.45, 2.75) is 44.8 Å². The van der Waals surface area contributed by atoms with Crippen molar-refractivity contribution in [3.05, 3.63) is 132 Å². The van der Waals surface area contributed by atoms with E-state index in [0.717, 1.165) is 66.7 Å². The maximum absolute atomic E-state index is 12.9. The Morgan fingerprint density at radius 3 is 2.63 bits per heavy atom. The van der Waals surface area contributed by atoms with Gasteiger partial charge in [-0.05, 0) is 82.2 Å². The summed E-state index contributed by atoms with van der Waals surface area (Å²) in [6, 6.07) is 35.5. The van der Waals surface area contributed by atoms with Crippen molar-refractivity contribution < 1.29 is 34.4 Å². The summed E-state index contributed by atoms with van der Waals surface area (Å²) >= 11 is 1.54. The summed E-state index contributed by atoms with van der Waals surface area (Å²) in [5, 5.41) is 7.53. The van der Waals surface area contributed by atoms with E-state index < -0.39 is 12.7 Å². The Morgan fingerprint density at radius 1 is 0.857 bits per heavy atom. The summed E-state index contributed by atoms with van der Waals surface area (Å²) in [6.07, 6.45) is 7.42. The molecule has 0 N–H and O–H groups in total. The van der Waals surface area contributed by atoms with E-state index in [-0.39, 0.29) is 31.5 Å². The summed E-state index contributed by atoms with van der Waals surface area (Å²) in [4.78, 5) is 8.84. The van der Waals surface area contributed by atoms with Gasteiger partial charge in [0.1, 0.15) is 5.58 Å². The van der Waals surface area contributed by atoms with Gasteiger partial charge in [-0.25, -0.2) is 0 Å². The average Bonchev–Trinajstić information content (AvgIpc) is 3.71. The van der Waals surface area contributed by atoms with Gasteiger partial charge < -0.3 is 14.4 Å². The molecule has 3 nitrogen and oxygen atoms in total. The van der Waals surface area contributed by atoms with Crippen molar-refractivity contribution in [3.63, 3.8) is 0 Å². The molecule has 1 aliphatic rings. The zero-order valence-corrected chi connectivity index (χ0v) is 29.5. The molecule has 243 valence electrons. The number of aromatic nitrogens is 2. The van der Waals surface area contributed by atoms with Crippen molar-refractivity contribution in [2.24, 2.45) is 0 Å². The van der Waals surface area contributed by atoms with Crippen LogP contribution in [0.3, 0.4) is 0 Å². The van der Waals surface area contributed by atoms with Crippen molar-refractivity contribution in [1.82, 2.24) is 9.97 Å². The number of aryl methyl sites for hydroxylation is 1. The smallest absolute Gasteiger partial charge is 0.121 e. The molecule has 4 heterocycles. The van der Waals surface area contributed by atoms with E-state index in [1.807, 2.05) is 36.4 Å². The van der Waals surface area contributed by atoms with Gasteiger partial charge in [-0.1, -0.05) is 89.5 Å². The molecule has 0 spiro atoms. The van der Waals surface area contributed by atoms with Crippen molar-refractivity contribution in [1.29, 1.82) is 0 Å². The fraction of sp³-hybridized carbons (Fsp3) is 0.163. The van der Waals surface area contributed by atoms with Crippen LogP contribution in [0.2, 0.25) is 0 Å². The fourth-order valence-electron chi connectivity index (χ4n) is 7.06. The summed E-state index contributed by atoms with van der Waals surface area (Å²) in [7, 11) is 0. The first-order chi connectivity index (χ1) is 25.2. The topological polar surface area (TPSA) is 38.9 Å². The van der Waals surface area contributed by atoms with Crippen LogP contribution in [0.5, 0.6) is 0 Å². The first kappa shape index (κ1) is 27.4. The molecule has 0 unspecified atom stereocenters. The third kappa shape index (κ3) is 5.72. The Balaban J connectivity index is 0.000000223. The normalized spacial score (nSPS) is 15.8. The second-order valence-corrected chi connectivity index (χ2v) is 13.4. The summed E-state index contributed by atoms with van der Waals surface area (Å²) < 4.78 is 54.9. The second-order valence-electron chi connectivity index (χ2n) is 12.3.